The number of hydrogen-bond donors (Lipinski definition) is 0. The van der Waals surface area contributed by atoms with Crippen LogP contribution in [0.1, 0.15) is 12.8 Å². The highest BCUT2D eigenvalue weighted by Gasteiger charge is 2.07. The van der Waals surface area contributed by atoms with E-state index in [4.69, 9.17) is 10.00 Å². The standard InChI is InChI=1S/C11H12N4O2.C5H8N2/c1-14(13-16)11-7-15(8-12-11)9-4-3-5-10(6-9)17-2;6-5-7-3-1-2-4-7/h3-8H,1-2H3;1-4H2. The zero-order valence-electron chi connectivity index (χ0n) is 13.8. The molecule has 0 atom stereocenters. The van der Waals surface area contributed by atoms with E-state index in [1.807, 2.05) is 24.3 Å². The van der Waals surface area contributed by atoms with E-state index in [-0.39, 0.29) is 0 Å². The van der Waals surface area contributed by atoms with Crippen molar-refractivity contribution < 1.29 is 4.74 Å². The second kappa shape index (κ2) is 8.53. The van der Waals surface area contributed by atoms with Gasteiger partial charge in [0, 0.05) is 26.2 Å². The van der Waals surface area contributed by atoms with Crippen LogP contribution in [0.2, 0.25) is 0 Å². The summed E-state index contributed by atoms with van der Waals surface area (Å²) in [6, 6.07) is 7.54. The molecule has 0 saturated carbocycles. The minimum atomic E-state index is 0.489. The summed E-state index contributed by atoms with van der Waals surface area (Å²) in [6.45, 7) is 1.97. The summed E-state index contributed by atoms with van der Waals surface area (Å²) in [5.74, 6) is 1.25. The van der Waals surface area contributed by atoms with Crippen molar-refractivity contribution in [2.75, 3.05) is 32.3 Å². The largest absolute Gasteiger partial charge is 0.497 e. The third-order valence-corrected chi connectivity index (χ3v) is 3.62. The number of benzene rings is 1. The summed E-state index contributed by atoms with van der Waals surface area (Å²) >= 11 is 0. The number of rotatable bonds is 4. The first kappa shape index (κ1) is 17.3. The van der Waals surface area contributed by atoms with Gasteiger partial charge in [0.25, 0.3) is 0 Å². The van der Waals surface area contributed by atoms with E-state index in [0.717, 1.165) is 29.5 Å². The predicted octanol–water partition coefficient (Wildman–Crippen LogP) is 2.56. The third-order valence-electron chi connectivity index (χ3n) is 3.62. The van der Waals surface area contributed by atoms with Gasteiger partial charge < -0.3 is 14.2 Å². The first-order valence-corrected chi connectivity index (χ1v) is 7.58. The molecule has 2 aromatic rings. The number of hydrogen-bond acceptors (Lipinski definition) is 6. The molecule has 1 aromatic carbocycles. The minimum Gasteiger partial charge on any atom is -0.497 e. The first-order chi connectivity index (χ1) is 11.7. The van der Waals surface area contributed by atoms with E-state index in [1.165, 1.54) is 12.8 Å². The Morgan fingerprint density at radius 1 is 1.38 bits per heavy atom. The number of imidazole rings is 1. The molecule has 0 unspecified atom stereocenters. The van der Waals surface area contributed by atoms with Gasteiger partial charge in [-0.2, -0.15) is 5.26 Å². The molecular weight excluding hydrogens is 308 g/mol. The maximum atomic E-state index is 10.4. The highest BCUT2D eigenvalue weighted by atomic mass is 16.5. The van der Waals surface area contributed by atoms with Crippen molar-refractivity contribution in [2.45, 2.75) is 12.8 Å². The smallest absolute Gasteiger partial charge is 0.179 e. The predicted molar refractivity (Wildman–Crippen MR) is 90.7 cm³/mol. The number of nitriles is 1. The number of nitroso groups, excluding NO2 is 1. The maximum absolute atomic E-state index is 10.4. The molecule has 1 saturated heterocycles. The lowest BCUT2D eigenvalue weighted by molar-refractivity contribution is 0.414. The highest BCUT2D eigenvalue weighted by molar-refractivity contribution is 5.43. The van der Waals surface area contributed by atoms with E-state index in [9.17, 15) is 4.91 Å². The van der Waals surface area contributed by atoms with E-state index < -0.39 is 0 Å². The number of ether oxygens (including phenoxy) is 1. The molecule has 2 heterocycles. The third kappa shape index (κ3) is 4.46. The number of nitrogens with zero attached hydrogens (tertiary/aromatic N) is 6. The molecule has 126 valence electrons. The maximum Gasteiger partial charge on any atom is 0.179 e. The zero-order valence-corrected chi connectivity index (χ0v) is 13.8. The van der Waals surface area contributed by atoms with Gasteiger partial charge in [0.15, 0.2) is 12.0 Å². The topological polar surface area (TPSA) is 86.7 Å². The van der Waals surface area contributed by atoms with Crippen molar-refractivity contribution in [1.29, 1.82) is 5.26 Å². The molecule has 1 aliphatic rings. The second-order valence-electron chi connectivity index (χ2n) is 5.24. The van der Waals surface area contributed by atoms with E-state index >= 15 is 0 Å². The number of aromatic nitrogens is 2. The molecule has 1 aromatic heterocycles. The lowest BCUT2D eigenvalue weighted by Gasteiger charge is -2.05. The van der Waals surface area contributed by atoms with Crippen molar-refractivity contribution in [3.05, 3.63) is 41.7 Å². The van der Waals surface area contributed by atoms with E-state index in [0.29, 0.717) is 5.82 Å². The van der Waals surface area contributed by atoms with Crippen LogP contribution in [0.4, 0.5) is 5.82 Å². The van der Waals surface area contributed by atoms with Crippen molar-refractivity contribution in [1.82, 2.24) is 14.5 Å². The van der Waals surface area contributed by atoms with Crippen LogP contribution in [-0.4, -0.2) is 41.7 Å². The minimum absolute atomic E-state index is 0.489. The van der Waals surface area contributed by atoms with Crippen molar-refractivity contribution >= 4 is 5.82 Å². The molecule has 0 amide bonds. The summed E-state index contributed by atoms with van der Waals surface area (Å²) in [6.07, 6.45) is 7.84. The lowest BCUT2D eigenvalue weighted by atomic mass is 10.3. The molecule has 8 heteroatoms. The monoisotopic (exact) mass is 328 g/mol. The quantitative estimate of drug-likeness (QED) is 0.487. The van der Waals surface area contributed by atoms with Gasteiger partial charge in [-0.3, -0.25) is 0 Å². The zero-order chi connectivity index (χ0) is 17.4. The average Bonchev–Trinajstić information content (AvgIpc) is 3.33. The van der Waals surface area contributed by atoms with Gasteiger partial charge in [0.1, 0.15) is 12.1 Å². The molecule has 0 aliphatic carbocycles. The van der Waals surface area contributed by atoms with Crippen LogP contribution in [-0.2, 0) is 0 Å². The summed E-state index contributed by atoms with van der Waals surface area (Å²) in [7, 11) is 3.16. The average molecular weight is 328 g/mol. The molecule has 24 heavy (non-hydrogen) atoms. The molecule has 0 spiro atoms. The number of methoxy groups -OCH3 is 1. The Morgan fingerprint density at radius 3 is 2.71 bits per heavy atom. The molecule has 0 N–H and O–H groups in total. The first-order valence-electron chi connectivity index (χ1n) is 7.58. The fourth-order valence-electron chi connectivity index (χ4n) is 2.25. The number of likely N-dealkylation sites (tertiary alicyclic amines) is 1. The lowest BCUT2D eigenvalue weighted by Crippen LogP contribution is -2.10. The summed E-state index contributed by atoms with van der Waals surface area (Å²) in [5.41, 5.74) is 0.905. The highest BCUT2D eigenvalue weighted by Crippen LogP contribution is 2.18. The van der Waals surface area contributed by atoms with Crippen LogP contribution in [0.3, 0.4) is 0 Å². The molecular formula is C16H20N6O2. The molecule has 8 nitrogen and oxygen atoms in total. The fraction of sp³-hybridized carbons (Fsp3) is 0.375. The van der Waals surface area contributed by atoms with Gasteiger partial charge in [0.2, 0.25) is 0 Å². The molecule has 3 rings (SSSR count). The van der Waals surface area contributed by atoms with Gasteiger partial charge >= 0.3 is 0 Å². The van der Waals surface area contributed by atoms with Gasteiger partial charge in [0.05, 0.1) is 24.3 Å². The fourth-order valence-corrected chi connectivity index (χ4v) is 2.25. The second-order valence-corrected chi connectivity index (χ2v) is 5.24. The van der Waals surface area contributed by atoms with Crippen LogP contribution >= 0.6 is 0 Å². The Hall–Kier alpha value is -3.08. The summed E-state index contributed by atoms with van der Waals surface area (Å²) in [5, 5.41) is 12.2. The summed E-state index contributed by atoms with van der Waals surface area (Å²) in [4.78, 5) is 16.2. The molecule has 1 fully saturated rings. The Labute approximate surface area is 140 Å². The molecule has 0 radical (unpaired) electrons. The Morgan fingerprint density at radius 2 is 2.12 bits per heavy atom. The molecule has 0 bridgehead atoms. The van der Waals surface area contributed by atoms with Crippen molar-refractivity contribution in [3.8, 4) is 17.6 Å². The Kier molecular flexibility index (Phi) is 6.14. The van der Waals surface area contributed by atoms with Crippen LogP contribution in [0.5, 0.6) is 5.75 Å². The Bertz CT molecular complexity index is 703. The van der Waals surface area contributed by atoms with Crippen molar-refractivity contribution in [2.24, 2.45) is 5.29 Å². The van der Waals surface area contributed by atoms with Crippen LogP contribution < -0.4 is 9.75 Å². The van der Waals surface area contributed by atoms with Gasteiger partial charge in [-0.05, 0) is 25.0 Å². The van der Waals surface area contributed by atoms with Crippen LogP contribution in [0, 0.1) is 16.4 Å². The Balaban J connectivity index is 0.000000249. The SMILES string of the molecule is COc1cccc(-n2cnc(N(C)N=O)c2)c1.N#CN1CCCC1. The molecule has 1 aliphatic heterocycles. The van der Waals surface area contributed by atoms with Crippen LogP contribution in [0.15, 0.2) is 42.1 Å². The normalized spacial score (nSPS) is 12.8. The van der Waals surface area contributed by atoms with Gasteiger partial charge in [-0.1, -0.05) is 6.07 Å². The number of anilines is 1. The summed E-state index contributed by atoms with van der Waals surface area (Å²) < 4.78 is 6.93. The van der Waals surface area contributed by atoms with E-state index in [2.05, 4.69) is 16.5 Å². The van der Waals surface area contributed by atoms with Crippen molar-refractivity contribution in [3.63, 3.8) is 0 Å². The van der Waals surface area contributed by atoms with E-state index in [1.54, 1.807) is 36.1 Å². The van der Waals surface area contributed by atoms with Crippen LogP contribution in [0.25, 0.3) is 5.69 Å². The van der Waals surface area contributed by atoms with Gasteiger partial charge in [-0.25, -0.2) is 9.99 Å². The van der Waals surface area contributed by atoms with Gasteiger partial charge in [-0.15, -0.1) is 4.91 Å².